The first-order valence-electron chi connectivity index (χ1n) is 4.96. The van der Waals surface area contributed by atoms with E-state index < -0.39 is 5.30 Å². The van der Waals surface area contributed by atoms with Crippen LogP contribution in [0.2, 0.25) is 0 Å². The van der Waals surface area contributed by atoms with Gasteiger partial charge in [-0.2, -0.15) is 0 Å². The molecule has 0 radical (unpaired) electrons. The van der Waals surface area contributed by atoms with Crippen LogP contribution < -0.4 is 5.32 Å². The molecule has 1 aliphatic rings. The lowest BCUT2D eigenvalue weighted by molar-refractivity contribution is 0.139. The zero-order valence-corrected chi connectivity index (χ0v) is 9.30. The van der Waals surface area contributed by atoms with Crippen molar-refractivity contribution >= 4 is 17.9 Å². The SMILES string of the molecule is CNC1CC=CC(OC(=O)S)CCC1. The second-order valence-corrected chi connectivity index (χ2v) is 3.87. The van der Waals surface area contributed by atoms with Crippen molar-refractivity contribution in [1.82, 2.24) is 5.32 Å². The van der Waals surface area contributed by atoms with Gasteiger partial charge in [0.2, 0.25) is 0 Å². The molecule has 3 nitrogen and oxygen atoms in total. The maximum Gasteiger partial charge on any atom is 0.364 e. The van der Waals surface area contributed by atoms with Crippen LogP contribution in [-0.4, -0.2) is 24.5 Å². The number of thiol groups is 1. The lowest BCUT2D eigenvalue weighted by Crippen LogP contribution is -2.26. The van der Waals surface area contributed by atoms with Gasteiger partial charge in [0.15, 0.2) is 0 Å². The number of rotatable bonds is 2. The first-order valence-corrected chi connectivity index (χ1v) is 5.40. The molecule has 0 saturated heterocycles. The van der Waals surface area contributed by atoms with Crippen LogP contribution in [0.25, 0.3) is 0 Å². The Hall–Kier alpha value is -0.480. The van der Waals surface area contributed by atoms with Crippen LogP contribution in [-0.2, 0) is 4.74 Å². The Labute approximate surface area is 90.3 Å². The molecule has 80 valence electrons. The van der Waals surface area contributed by atoms with Crippen molar-refractivity contribution in [1.29, 1.82) is 0 Å². The Morgan fingerprint density at radius 3 is 3.00 bits per heavy atom. The normalized spacial score (nSPS) is 27.9. The van der Waals surface area contributed by atoms with Crippen LogP contribution in [0.5, 0.6) is 0 Å². The molecule has 1 aliphatic carbocycles. The summed E-state index contributed by atoms with van der Waals surface area (Å²) in [6.45, 7) is 0. The predicted molar refractivity (Wildman–Crippen MR) is 59.7 cm³/mol. The van der Waals surface area contributed by atoms with Gasteiger partial charge >= 0.3 is 5.30 Å². The molecule has 1 rings (SSSR count). The van der Waals surface area contributed by atoms with Gasteiger partial charge < -0.3 is 10.1 Å². The fourth-order valence-corrected chi connectivity index (χ4v) is 1.80. The maximum absolute atomic E-state index is 10.6. The summed E-state index contributed by atoms with van der Waals surface area (Å²) >= 11 is 3.60. The molecule has 0 heterocycles. The molecular weight excluding hydrogens is 198 g/mol. The molecule has 0 bridgehead atoms. The van der Waals surface area contributed by atoms with E-state index in [9.17, 15) is 4.79 Å². The summed E-state index contributed by atoms with van der Waals surface area (Å²) in [5.41, 5.74) is 0. The lowest BCUT2D eigenvalue weighted by Gasteiger charge is -2.19. The topological polar surface area (TPSA) is 38.3 Å². The number of hydrogen-bond acceptors (Lipinski definition) is 3. The van der Waals surface area contributed by atoms with Gasteiger partial charge in [0.1, 0.15) is 6.10 Å². The van der Waals surface area contributed by atoms with Crippen LogP contribution in [0.1, 0.15) is 25.7 Å². The zero-order valence-electron chi connectivity index (χ0n) is 8.40. The van der Waals surface area contributed by atoms with Crippen LogP contribution >= 0.6 is 12.6 Å². The van der Waals surface area contributed by atoms with Crippen molar-refractivity contribution in [2.75, 3.05) is 7.05 Å². The van der Waals surface area contributed by atoms with E-state index in [-0.39, 0.29) is 6.10 Å². The number of nitrogens with one attached hydrogen (secondary N) is 1. The molecule has 0 spiro atoms. The summed E-state index contributed by atoms with van der Waals surface area (Å²) in [6.07, 6.45) is 8.03. The summed E-state index contributed by atoms with van der Waals surface area (Å²) in [6, 6.07) is 0.555. The van der Waals surface area contributed by atoms with E-state index in [1.54, 1.807) is 0 Å². The van der Waals surface area contributed by atoms with E-state index >= 15 is 0 Å². The fourth-order valence-electron chi connectivity index (χ4n) is 1.66. The third kappa shape index (κ3) is 4.15. The molecule has 2 unspecified atom stereocenters. The summed E-state index contributed by atoms with van der Waals surface area (Å²) in [7, 11) is 1.98. The number of carbonyl (C=O) groups excluding carboxylic acids is 1. The quantitative estimate of drug-likeness (QED) is 0.421. The van der Waals surface area contributed by atoms with Gasteiger partial charge in [-0.1, -0.05) is 18.7 Å². The third-order valence-corrected chi connectivity index (χ3v) is 2.58. The summed E-state index contributed by atoms with van der Waals surface area (Å²) < 4.78 is 5.01. The van der Waals surface area contributed by atoms with Crippen LogP contribution in [0.4, 0.5) is 4.79 Å². The molecule has 2 atom stereocenters. The summed E-state index contributed by atoms with van der Waals surface area (Å²) in [5.74, 6) is 0. The van der Waals surface area contributed by atoms with Gasteiger partial charge in [-0.15, -0.1) is 0 Å². The Bertz CT molecular complexity index is 218. The van der Waals surface area contributed by atoms with Crippen molar-refractivity contribution in [3.05, 3.63) is 12.2 Å². The van der Waals surface area contributed by atoms with E-state index in [4.69, 9.17) is 4.74 Å². The highest BCUT2D eigenvalue weighted by Gasteiger charge is 2.13. The Morgan fingerprint density at radius 2 is 2.36 bits per heavy atom. The largest absolute Gasteiger partial charge is 0.450 e. The number of carbonyl (C=O) groups is 1. The van der Waals surface area contributed by atoms with Crippen molar-refractivity contribution in [3.63, 3.8) is 0 Å². The van der Waals surface area contributed by atoms with Crippen LogP contribution in [0.15, 0.2) is 12.2 Å². The van der Waals surface area contributed by atoms with E-state index in [1.165, 1.54) is 0 Å². The van der Waals surface area contributed by atoms with Gasteiger partial charge in [-0.25, -0.2) is 4.79 Å². The van der Waals surface area contributed by atoms with Gasteiger partial charge in [0, 0.05) is 6.04 Å². The highest BCUT2D eigenvalue weighted by atomic mass is 32.1. The van der Waals surface area contributed by atoms with Crippen molar-refractivity contribution in [2.45, 2.75) is 37.8 Å². The van der Waals surface area contributed by atoms with Gasteiger partial charge in [-0.05, 0) is 38.8 Å². The summed E-state index contributed by atoms with van der Waals surface area (Å²) in [5, 5.41) is 2.76. The molecular formula is C10H17NO2S. The molecule has 0 aliphatic heterocycles. The molecule has 0 saturated carbocycles. The Morgan fingerprint density at radius 1 is 1.57 bits per heavy atom. The molecule has 0 aromatic carbocycles. The molecule has 14 heavy (non-hydrogen) atoms. The van der Waals surface area contributed by atoms with Gasteiger partial charge in [0.25, 0.3) is 0 Å². The lowest BCUT2D eigenvalue weighted by atomic mass is 10.0. The average Bonchev–Trinajstić information content (AvgIpc) is 2.08. The van der Waals surface area contributed by atoms with Crippen LogP contribution in [0, 0.1) is 0 Å². The van der Waals surface area contributed by atoms with Gasteiger partial charge in [0.05, 0.1) is 0 Å². The first-order chi connectivity index (χ1) is 6.72. The molecule has 4 heteroatoms. The Kier molecular flexibility index (Phi) is 5.04. The van der Waals surface area contributed by atoms with E-state index in [0.717, 1.165) is 25.7 Å². The van der Waals surface area contributed by atoms with Crippen molar-refractivity contribution in [3.8, 4) is 0 Å². The Balaban J connectivity index is 2.42. The first kappa shape index (κ1) is 11.6. The van der Waals surface area contributed by atoms with Crippen LogP contribution in [0.3, 0.4) is 0 Å². The average molecular weight is 215 g/mol. The van der Waals surface area contributed by atoms with E-state index in [2.05, 4.69) is 24.0 Å². The zero-order chi connectivity index (χ0) is 10.4. The molecule has 0 aromatic heterocycles. The number of hydrogen-bond donors (Lipinski definition) is 2. The van der Waals surface area contributed by atoms with Crippen molar-refractivity contribution < 1.29 is 9.53 Å². The second kappa shape index (κ2) is 6.09. The minimum atomic E-state index is -0.495. The minimum Gasteiger partial charge on any atom is -0.450 e. The highest BCUT2D eigenvalue weighted by molar-refractivity contribution is 7.96. The third-order valence-electron chi connectivity index (χ3n) is 2.47. The molecule has 1 N–H and O–H groups in total. The fraction of sp³-hybridized carbons (Fsp3) is 0.700. The monoisotopic (exact) mass is 215 g/mol. The minimum absolute atomic E-state index is 0.0854. The smallest absolute Gasteiger partial charge is 0.364 e. The molecule has 0 amide bonds. The number of ether oxygens (including phenoxy) is 1. The molecule has 0 aromatic rings. The van der Waals surface area contributed by atoms with E-state index in [1.807, 2.05) is 13.1 Å². The van der Waals surface area contributed by atoms with E-state index in [0.29, 0.717) is 6.04 Å². The standard InChI is InChI=1S/C10H17NO2S/c1-11-8-4-2-6-9(7-3-5-8)13-10(12)14/h2,6,8-9,11H,3-5,7H2,1H3,(H,12,14). The van der Waals surface area contributed by atoms with Gasteiger partial charge in [-0.3, -0.25) is 0 Å². The maximum atomic E-state index is 10.6. The predicted octanol–water partition coefficient (Wildman–Crippen LogP) is 2.14. The second-order valence-electron chi connectivity index (χ2n) is 3.50. The van der Waals surface area contributed by atoms with Crippen molar-refractivity contribution in [2.24, 2.45) is 0 Å². The highest BCUT2D eigenvalue weighted by Crippen LogP contribution is 2.15. The molecule has 0 fully saturated rings. The summed E-state index contributed by atoms with van der Waals surface area (Å²) in [4.78, 5) is 10.6.